The van der Waals surface area contributed by atoms with Gasteiger partial charge in [0.15, 0.2) is 17.5 Å². The van der Waals surface area contributed by atoms with Gasteiger partial charge in [-0.15, -0.1) is 0 Å². The molecule has 6 aromatic carbocycles. The van der Waals surface area contributed by atoms with Crippen molar-refractivity contribution >= 4 is 17.0 Å². The molecule has 2 aromatic heterocycles. The summed E-state index contributed by atoms with van der Waals surface area (Å²) >= 11 is 0. The summed E-state index contributed by atoms with van der Waals surface area (Å²) < 4.78 is 2.44. The summed E-state index contributed by atoms with van der Waals surface area (Å²) in [6, 6.07) is 56.5. The highest BCUT2D eigenvalue weighted by Crippen LogP contribution is 2.38. The Morgan fingerprint density at radius 1 is 0.531 bits per heavy atom. The lowest BCUT2D eigenvalue weighted by Crippen LogP contribution is -2.03. The number of allylic oxidation sites excluding steroid dienone is 1. The van der Waals surface area contributed by atoms with Crippen LogP contribution in [0.15, 0.2) is 152 Å². The number of nitrogens with zero attached hydrogens (tertiary/aromatic N) is 4. The molecule has 4 nitrogen and oxygen atoms in total. The molecular weight excluding hydrogens is 597 g/mol. The number of aromatic nitrogens is 4. The summed E-state index contributed by atoms with van der Waals surface area (Å²) in [4.78, 5) is 15.0. The molecule has 230 valence electrons. The van der Waals surface area contributed by atoms with Crippen LogP contribution in [0, 0.1) is 12.1 Å². The number of hydrogen-bond acceptors (Lipinski definition) is 3. The van der Waals surface area contributed by atoms with E-state index in [0.29, 0.717) is 17.5 Å². The van der Waals surface area contributed by atoms with E-state index < -0.39 is 0 Å². The maximum atomic E-state index is 5.03. The van der Waals surface area contributed by atoms with Crippen molar-refractivity contribution in [1.82, 2.24) is 19.5 Å². The summed E-state index contributed by atoms with van der Waals surface area (Å²) in [6.45, 7) is 0. The van der Waals surface area contributed by atoms with E-state index in [-0.39, 0.29) is 0 Å². The van der Waals surface area contributed by atoms with Crippen molar-refractivity contribution in [1.29, 1.82) is 0 Å². The summed E-state index contributed by atoms with van der Waals surface area (Å²) in [7, 11) is 0. The van der Waals surface area contributed by atoms with Crippen LogP contribution in [0.4, 0.5) is 0 Å². The fourth-order valence-electron chi connectivity index (χ4n) is 6.91. The Morgan fingerprint density at radius 2 is 1.22 bits per heavy atom. The van der Waals surface area contributed by atoms with Crippen molar-refractivity contribution in [2.24, 2.45) is 0 Å². The summed E-state index contributed by atoms with van der Waals surface area (Å²) in [6.07, 6.45) is 6.62. The van der Waals surface area contributed by atoms with E-state index in [1.165, 1.54) is 22.2 Å². The SMILES string of the molecule is c1ccc(-c2ccc(-c3nc(-c4ccccc4)nc(-c4ccccc4)n3)cc2-c2cccc(-n3c4c(c5ccccc53)C=CCC4)c2)cc#1. The van der Waals surface area contributed by atoms with Gasteiger partial charge in [-0.3, -0.25) is 0 Å². The minimum absolute atomic E-state index is 0.627. The van der Waals surface area contributed by atoms with Gasteiger partial charge < -0.3 is 4.57 Å². The molecule has 0 amide bonds. The van der Waals surface area contributed by atoms with E-state index in [2.05, 4.69) is 102 Å². The van der Waals surface area contributed by atoms with Crippen LogP contribution in [0.5, 0.6) is 0 Å². The molecule has 4 heteroatoms. The predicted molar refractivity (Wildman–Crippen MR) is 199 cm³/mol. The van der Waals surface area contributed by atoms with Crippen molar-refractivity contribution in [3.8, 4) is 62.1 Å². The van der Waals surface area contributed by atoms with Crippen LogP contribution in [0.2, 0.25) is 0 Å². The molecule has 49 heavy (non-hydrogen) atoms. The second-order valence-electron chi connectivity index (χ2n) is 12.2. The molecule has 0 N–H and O–H groups in total. The first-order valence-electron chi connectivity index (χ1n) is 16.6. The van der Waals surface area contributed by atoms with Gasteiger partial charge in [-0.1, -0.05) is 127 Å². The molecule has 1 aliphatic carbocycles. The Bertz CT molecular complexity index is 2420. The minimum Gasteiger partial charge on any atom is -0.313 e. The van der Waals surface area contributed by atoms with E-state index >= 15 is 0 Å². The average molecular weight is 627 g/mol. The number of hydrogen-bond donors (Lipinski definition) is 0. The standard InChI is InChI=1S/C45H30N4/c1-4-15-31(16-5-1)37-28-27-35(45-47-43(32-17-6-2-7-18-32)46-44(48-45)33-19-8-3-9-20-33)30-40(37)34-21-14-22-36(29-34)49-41-25-12-10-23-38(41)39-24-11-13-26-42(39)49/h2-4,6-12,14-25,27-30H,13,26H2. The predicted octanol–water partition coefficient (Wildman–Crippen LogP) is 10.7. The Labute approximate surface area is 285 Å². The molecule has 0 aliphatic heterocycles. The lowest BCUT2D eigenvalue weighted by Gasteiger charge is -2.16. The maximum absolute atomic E-state index is 5.03. The summed E-state index contributed by atoms with van der Waals surface area (Å²) in [5.41, 5.74) is 12.2. The van der Waals surface area contributed by atoms with Crippen LogP contribution >= 0.6 is 0 Å². The highest BCUT2D eigenvalue weighted by molar-refractivity contribution is 5.94. The number of benzene rings is 5. The number of fused-ring (bicyclic) bond motifs is 3. The number of para-hydroxylation sites is 1. The molecule has 0 bridgehead atoms. The largest absolute Gasteiger partial charge is 0.313 e. The third-order valence-electron chi connectivity index (χ3n) is 9.21. The van der Waals surface area contributed by atoms with E-state index in [9.17, 15) is 0 Å². The summed E-state index contributed by atoms with van der Waals surface area (Å²) in [5.74, 6) is 1.91. The Balaban J connectivity index is 1.24. The first-order chi connectivity index (χ1) is 24.3. The van der Waals surface area contributed by atoms with Crippen molar-refractivity contribution < 1.29 is 0 Å². The highest BCUT2D eigenvalue weighted by atomic mass is 15.0. The van der Waals surface area contributed by atoms with Gasteiger partial charge in [0.2, 0.25) is 0 Å². The quantitative estimate of drug-likeness (QED) is 0.184. The van der Waals surface area contributed by atoms with Crippen molar-refractivity contribution in [2.75, 3.05) is 0 Å². The zero-order valence-corrected chi connectivity index (χ0v) is 26.7. The third kappa shape index (κ3) is 5.28. The van der Waals surface area contributed by atoms with Gasteiger partial charge in [-0.25, -0.2) is 15.0 Å². The lowest BCUT2D eigenvalue weighted by atomic mass is 9.92. The second kappa shape index (κ2) is 12.2. The van der Waals surface area contributed by atoms with E-state index in [1.54, 1.807) is 0 Å². The van der Waals surface area contributed by atoms with Gasteiger partial charge in [0.05, 0.1) is 5.52 Å². The van der Waals surface area contributed by atoms with Gasteiger partial charge in [0.1, 0.15) is 0 Å². The first kappa shape index (κ1) is 28.6. The van der Waals surface area contributed by atoms with Crippen molar-refractivity contribution in [2.45, 2.75) is 12.8 Å². The zero-order valence-electron chi connectivity index (χ0n) is 26.7. The Kier molecular flexibility index (Phi) is 7.14. The maximum Gasteiger partial charge on any atom is 0.164 e. The molecule has 0 unspecified atom stereocenters. The van der Waals surface area contributed by atoms with Crippen molar-refractivity contribution in [3.63, 3.8) is 0 Å². The number of rotatable bonds is 6. The lowest BCUT2D eigenvalue weighted by molar-refractivity contribution is 0.889. The Hall–Kier alpha value is -6.57. The van der Waals surface area contributed by atoms with Crippen LogP contribution in [-0.2, 0) is 6.42 Å². The van der Waals surface area contributed by atoms with E-state index in [0.717, 1.165) is 57.5 Å². The van der Waals surface area contributed by atoms with Gasteiger partial charge in [0.25, 0.3) is 0 Å². The van der Waals surface area contributed by atoms with Crippen LogP contribution in [0.25, 0.3) is 79.1 Å². The van der Waals surface area contributed by atoms with Gasteiger partial charge in [-0.05, 0) is 77.6 Å². The van der Waals surface area contributed by atoms with Gasteiger partial charge >= 0.3 is 0 Å². The van der Waals surface area contributed by atoms with E-state index in [4.69, 9.17) is 15.0 Å². The monoisotopic (exact) mass is 626 g/mol. The minimum atomic E-state index is 0.627. The molecule has 9 rings (SSSR count). The summed E-state index contributed by atoms with van der Waals surface area (Å²) in [5, 5.41) is 1.29. The first-order valence-corrected chi connectivity index (χ1v) is 16.6. The van der Waals surface area contributed by atoms with Crippen LogP contribution in [0.3, 0.4) is 0 Å². The fraction of sp³-hybridized carbons (Fsp3) is 0.0444. The topological polar surface area (TPSA) is 43.6 Å². The third-order valence-corrected chi connectivity index (χ3v) is 9.21. The average Bonchev–Trinajstić information content (AvgIpc) is 3.53. The molecule has 2 heterocycles. The van der Waals surface area contributed by atoms with E-state index in [1.807, 2.05) is 72.8 Å². The Morgan fingerprint density at radius 3 is 1.96 bits per heavy atom. The normalized spacial score (nSPS) is 12.1. The molecule has 0 radical (unpaired) electrons. The second-order valence-corrected chi connectivity index (χ2v) is 12.2. The molecule has 1 aliphatic rings. The van der Waals surface area contributed by atoms with Crippen LogP contribution in [0.1, 0.15) is 17.7 Å². The van der Waals surface area contributed by atoms with Gasteiger partial charge in [0, 0.05) is 39.0 Å². The molecule has 8 aromatic rings. The zero-order chi connectivity index (χ0) is 32.6. The molecule has 0 spiro atoms. The fourth-order valence-corrected chi connectivity index (χ4v) is 6.91. The highest BCUT2D eigenvalue weighted by Gasteiger charge is 2.20. The van der Waals surface area contributed by atoms with Gasteiger partial charge in [-0.2, -0.15) is 0 Å². The molecule has 0 saturated carbocycles. The van der Waals surface area contributed by atoms with Crippen LogP contribution < -0.4 is 0 Å². The van der Waals surface area contributed by atoms with Crippen LogP contribution in [-0.4, -0.2) is 19.5 Å². The van der Waals surface area contributed by atoms with Crippen molar-refractivity contribution in [3.05, 3.63) is 175 Å². The molecular formula is C45H30N4. The smallest absolute Gasteiger partial charge is 0.164 e. The molecule has 0 fully saturated rings. The molecule has 0 saturated heterocycles. The molecule has 0 atom stereocenters.